The summed E-state index contributed by atoms with van der Waals surface area (Å²) in [5, 5.41) is 12.1. The molecule has 6 nitrogen and oxygen atoms in total. The third-order valence-electron chi connectivity index (χ3n) is 6.27. The van der Waals surface area contributed by atoms with Crippen LogP contribution in [0.3, 0.4) is 0 Å². The second-order valence-electron chi connectivity index (χ2n) is 8.83. The second-order valence-corrected chi connectivity index (χ2v) is 10.3. The normalized spacial score (nSPS) is 17.4. The number of aromatic nitrogens is 1. The number of rotatable bonds is 5. The first-order chi connectivity index (χ1) is 17.3. The summed E-state index contributed by atoms with van der Waals surface area (Å²) in [5.41, 5.74) is 2.92. The van der Waals surface area contributed by atoms with Gasteiger partial charge in [0.05, 0.1) is 28.9 Å². The molecule has 0 bridgehead atoms. The van der Waals surface area contributed by atoms with Crippen molar-refractivity contribution in [1.29, 1.82) is 0 Å². The Balaban J connectivity index is 1.70. The van der Waals surface area contributed by atoms with Crippen molar-refractivity contribution in [3.05, 3.63) is 94.0 Å². The summed E-state index contributed by atoms with van der Waals surface area (Å²) in [7, 11) is 1.58. The lowest BCUT2D eigenvalue weighted by molar-refractivity contribution is -0.132. The minimum absolute atomic E-state index is 0.0106. The van der Waals surface area contributed by atoms with E-state index in [-0.39, 0.29) is 11.3 Å². The van der Waals surface area contributed by atoms with Gasteiger partial charge in [-0.1, -0.05) is 61.1 Å². The molecule has 1 aromatic heterocycles. The third-order valence-corrected chi connectivity index (χ3v) is 7.54. The highest BCUT2D eigenvalue weighted by Gasteiger charge is 2.48. The summed E-state index contributed by atoms with van der Waals surface area (Å²) < 4.78 is 6.13. The van der Waals surface area contributed by atoms with Crippen molar-refractivity contribution < 1.29 is 19.4 Å². The number of carbonyl (C=O) groups is 2. The van der Waals surface area contributed by atoms with Crippen LogP contribution in [0.15, 0.2) is 72.3 Å². The van der Waals surface area contributed by atoms with E-state index in [9.17, 15) is 14.7 Å². The first kappa shape index (κ1) is 24.0. The molecule has 1 aliphatic rings. The third kappa shape index (κ3) is 4.14. The number of ketones is 1. The Morgan fingerprint density at radius 3 is 2.39 bits per heavy atom. The number of halogens is 1. The Morgan fingerprint density at radius 2 is 1.75 bits per heavy atom. The topological polar surface area (TPSA) is 79.7 Å². The van der Waals surface area contributed by atoms with Crippen LogP contribution >= 0.6 is 22.9 Å². The quantitative estimate of drug-likeness (QED) is 0.180. The lowest BCUT2D eigenvalue weighted by atomic mass is 9.93. The molecular formula is C28H23ClN2O4S. The molecule has 182 valence electrons. The number of methoxy groups -OCH3 is 1. The highest BCUT2D eigenvalue weighted by molar-refractivity contribution is 7.22. The van der Waals surface area contributed by atoms with Gasteiger partial charge in [0.25, 0.3) is 5.78 Å². The Bertz CT molecular complexity index is 1510. The molecule has 1 amide bonds. The number of thiazole rings is 1. The molecule has 1 saturated heterocycles. The smallest absolute Gasteiger partial charge is 0.301 e. The Morgan fingerprint density at radius 1 is 1.06 bits per heavy atom. The average molecular weight is 519 g/mol. The van der Waals surface area contributed by atoms with Crippen LogP contribution in [0.1, 0.15) is 42.5 Å². The lowest BCUT2D eigenvalue weighted by Crippen LogP contribution is -2.29. The van der Waals surface area contributed by atoms with Crippen LogP contribution in [0.25, 0.3) is 16.0 Å². The van der Waals surface area contributed by atoms with E-state index in [0.717, 1.165) is 10.3 Å². The predicted octanol–water partition coefficient (Wildman–Crippen LogP) is 6.71. The molecule has 1 aliphatic heterocycles. The number of benzene rings is 3. The number of Topliss-reactive ketones (excluding diaryl/α,β-unsaturated/α-hetero) is 1. The van der Waals surface area contributed by atoms with Crippen LogP contribution in [0.5, 0.6) is 5.75 Å². The summed E-state index contributed by atoms with van der Waals surface area (Å²) in [6.07, 6.45) is 0. The van der Waals surface area contributed by atoms with Crippen molar-refractivity contribution in [2.45, 2.75) is 25.8 Å². The number of hydrogen-bond donors (Lipinski definition) is 1. The van der Waals surface area contributed by atoms with Gasteiger partial charge in [-0.25, -0.2) is 4.98 Å². The Hall–Kier alpha value is -3.68. The van der Waals surface area contributed by atoms with Gasteiger partial charge < -0.3 is 9.84 Å². The molecule has 1 N–H and O–H groups in total. The van der Waals surface area contributed by atoms with Crippen LogP contribution in [-0.2, 0) is 9.59 Å². The first-order valence-electron chi connectivity index (χ1n) is 11.4. The van der Waals surface area contributed by atoms with Crippen molar-refractivity contribution in [3.8, 4) is 5.75 Å². The van der Waals surface area contributed by atoms with Gasteiger partial charge >= 0.3 is 5.91 Å². The van der Waals surface area contributed by atoms with Gasteiger partial charge in [-0.2, -0.15) is 0 Å². The molecule has 8 heteroatoms. The largest absolute Gasteiger partial charge is 0.507 e. The van der Waals surface area contributed by atoms with Crippen molar-refractivity contribution in [2.75, 3.05) is 12.0 Å². The van der Waals surface area contributed by atoms with Crippen LogP contribution in [0.2, 0.25) is 5.02 Å². The lowest BCUT2D eigenvalue weighted by Gasteiger charge is -2.23. The first-order valence-corrected chi connectivity index (χ1v) is 12.6. The van der Waals surface area contributed by atoms with Crippen LogP contribution < -0.4 is 9.64 Å². The van der Waals surface area contributed by atoms with E-state index in [1.165, 1.54) is 16.2 Å². The molecule has 1 fully saturated rings. The minimum atomic E-state index is -0.843. The molecule has 2 heterocycles. The number of aliphatic hydroxyl groups is 1. The Kier molecular flexibility index (Phi) is 6.28. The number of ether oxygens (including phenoxy) is 1. The van der Waals surface area contributed by atoms with Crippen molar-refractivity contribution in [2.24, 2.45) is 0 Å². The number of amides is 1. The van der Waals surface area contributed by atoms with Crippen LogP contribution in [0.4, 0.5) is 5.13 Å². The summed E-state index contributed by atoms with van der Waals surface area (Å²) in [6.45, 7) is 4.19. The van der Waals surface area contributed by atoms with E-state index in [1.54, 1.807) is 37.4 Å². The molecule has 5 rings (SSSR count). The highest BCUT2D eigenvalue weighted by atomic mass is 35.5. The second kappa shape index (κ2) is 9.41. The van der Waals surface area contributed by atoms with Gasteiger partial charge in [0, 0.05) is 10.6 Å². The van der Waals surface area contributed by atoms with Crippen LogP contribution in [0, 0.1) is 0 Å². The average Bonchev–Trinajstić information content (AvgIpc) is 3.41. The highest BCUT2D eigenvalue weighted by Crippen LogP contribution is 2.44. The summed E-state index contributed by atoms with van der Waals surface area (Å²) in [6, 6.07) is 18.8. The number of aliphatic hydroxyl groups excluding tert-OH is 1. The van der Waals surface area contributed by atoms with E-state index in [0.29, 0.717) is 38.5 Å². The van der Waals surface area contributed by atoms with Gasteiger partial charge in [-0.15, -0.1) is 0 Å². The monoisotopic (exact) mass is 518 g/mol. The van der Waals surface area contributed by atoms with E-state index in [1.807, 2.05) is 36.4 Å². The zero-order chi connectivity index (χ0) is 25.6. The molecule has 0 saturated carbocycles. The fourth-order valence-electron chi connectivity index (χ4n) is 4.29. The van der Waals surface area contributed by atoms with E-state index < -0.39 is 17.7 Å². The molecule has 0 radical (unpaired) electrons. The number of anilines is 1. The molecule has 0 aliphatic carbocycles. The van der Waals surface area contributed by atoms with Gasteiger partial charge in [0.2, 0.25) is 0 Å². The van der Waals surface area contributed by atoms with E-state index >= 15 is 0 Å². The predicted molar refractivity (Wildman–Crippen MR) is 143 cm³/mol. The SMILES string of the molecule is COc1ccc2nc(N3C(=O)C(=O)C(=C(O)c4ccc(Cl)cc4)[C@@H]3c3ccc(C(C)C)cc3)sc2c1. The zero-order valence-electron chi connectivity index (χ0n) is 19.9. The molecule has 0 unspecified atom stereocenters. The van der Waals surface area contributed by atoms with Crippen molar-refractivity contribution in [1.82, 2.24) is 4.98 Å². The molecular weight excluding hydrogens is 496 g/mol. The van der Waals surface area contributed by atoms with E-state index in [4.69, 9.17) is 16.3 Å². The van der Waals surface area contributed by atoms with Gasteiger partial charge in [-0.3, -0.25) is 14.5 Å². The van der Waals surface area contributed by atoms with Gasteiger partial charge in [-0.05, 0) is 59.5 Å². The van der Waals surface area contributed by atoms with Gasteiger partial charge in [0.1, 0.15) is 11.5 Å². The maximum Gasteiger partial charge on any atom is 0.301 e. The van der Waals surface area contributed by atoms with Crippen LogP contribution in [-0.4, -0.2) is 28.9 Å². The maximum absolute atomic E-state index is 13.4. The zero-order valence-corrected chi connectivity index (χ0v) is 21.4. The molecule has 4 aromatic rings. The molecule has 3 aromatic carbocycles. The van der Waals surface area contributed by atoms with Crippen molar-refractivity contribution in [3.63, 3.8) is 0 Å². The summed E-state index contributed by atoms with van der Waals surface area (Å²) >= 11 is 7.30. The standard InChI is InChI=1S/C28H23ClN2O4S/c1-15(2)16-4-6-17(7-5-16)24-23(25(32)18-8-10-19(29)11-9-18)26(33)27(34)31(24)28-30-21-13-12-20(35-3)14-22(21)36-28/h4-15,24,32H,1-3H3/t24-/m0/s1. The summed E-state index contributed by atoms with van der Waals surface area (Å²) in [5.74, 6) is -0.776. The molecule has 0 spiro atoms. The number of fused-ring (bicyclic) bond motifs is 1. The summed E-state index contributed by atoms with van der Waals surface area (Å²) in [4.78, 5) is 32.8. The fraction of sp³-hybridized carbons (Fsp3) is 0.179. The number of hydrogen-bond acceptors (Lipinski definition) is 6. The number of carbonyl (C=O) groups excluding carboxylic acids is 2. The van der Waals surface area contributed by atoms with Crippen molar-refractivity contribution >= 4 is 55.7 Å². The minimum Gasteiger partial charge on any atom is -0.507 e. The Labute approximate surface area is 217 Å². The molecule has 1 atom stereocenters. The number of nitrogens with zero attached hydrogens (tertiary/aromatic N) is 2. The van der Waals surface area contributed by atoms with Gasteiger partial charge in [0.15, 0.2) is 5.13 Å². The van der Waals surface area contributed by atoms with E-state index in [2.05, 4.69) is 18.8 Å². The fourth-order valence-corrected chi connectivity index (χ4v) is 5.44. The maximum atomic E-state index is 13.4. The molecule has 36 heavy (non-hydrogen) atoms.